The number of piperidine rings is 1. The minimum Gasteiger partial charge on any atom is -0.378 e. The van der Waals surface area contributed by atoms with Gasteiger partial charge in [-0.15, -0.1) is 0 Å². The van der Waals surface area contributed by atoms with Crippen molar-refractivity contribution in [3.8, 4) is 0 Å². The fourth-order valence-corrected chi connectivity index (χ4v) is 3.26. The second kappa shape index (κ2) is 9.64. The van der Waals surface area contributed by atoms with Gasteiger partial charge in [0.1, 0.15) is 0 Å². The van der Waals surface area contributed by atoms with Gasteiger partial charge in [0.2, 0.25) is 0 Å². The summed E-state index contributed by atoms with van der Waals surface area (Å²) >= 11 is 0. The predicted molar refractivity (Wildman–Crippen MR) is 100 cm³/mol. The normalized spacial score (nSPS) is 18.0. The van der Waals surface area contributed by atoms with Crippen LogP contribution in [-0.4, -0.2) is 69.2 Å². The molecule has 1 aliphatic rings. The lowest BCUT2D eigenvalue weighted by molar-refractivity contribution is 0.0263. The maximum absolute atomic E-state index is 5.74. The molecule has 2 rings (SSSR count). The standard InChI is InChI=1S/C19H32N4O/c1-5-24-17-11-13-23(14-12-17)19(20-2)21-15-18(22(3)4)16-9-7-6-8-10-16/h6-10,17-18H,5,11-15H2,1-4H3,(H,20,21). The van der Waals surface area contributed by atoms with Crippen LogP contribution in [0.25, 0.3) is 0 Å². The summed E-state index contributed by atoms with van der Waals surface area (Å²) in [5.74, 6) is 0.993. The Labute approximate surface area is 146 Å². The van der Waals surface area contributed by atoms with Crippen molar-refractivity contribution in [2.75, 3.05) is 47.4 Å². The van der Waals surface area contributed by atoms with Crippen LogP contribution in [0.1, 0.15) is 31.4 Å². The molecule has 1 N–H and O–H groups in total. The Kier molecular flexibility index (Phi) is 7.53. The van der Waals surface area contributed by atoms with Gasteiger partial charge in [-0.2, -0.15) is 0 Å². The summed E-state index contributed by atoms with van der Waals surface area (Å²) < 4.78 is 5.74. The number of benzene rings is 1. The summed E-state index contributed by atoms with van der Waals surface area (Å²) in [5, 5.41) is 3.56. The monoisotopic (exact) mass is 332 g/mol. The molecule has 0 aliphatic carbocycles. The fraction of sp³-hybridized carbons (Fsp3) is 0.632. The zero-order valence-corrected chi connectivity index (χ0v) is 15.5. The van der Waals surface area contributed by atoms with Crippen molar-refractivity contribution >= 4 is 5.96 Å². The van der Waals surface area contributed by atoms with Gasteiger partial charge in [-0.1, -0.05) is 30.3 Å². The number of aliphatic imine (C=N–C) groups is 1. The molecule has 1 fully saturated rings. The first-order chi connectivity index (χ1) is 11.7. The van der Waals surface area contributed by atoms with Crippen molar-refractivity contribution in [3.05, 3.63) is 35.9 Å². The van der Waals surface area contributed by atoms with Crippen LogP contribution in [-0.2, 0) is 4.74 Å². The molecule has 24 heavy (non-hydrogen) atoms. The molecule has 1 saturated heterocycles. The van der Waals surface area contributed by atoms with Crippen LogP contribution in [0.3, 0.4) is 0 Å². The lowest BCUT2D eigenvalue weighted by atomic mass is 10.1. The van der Waals surface area contributed by atoms with Gasteiger partial charge in [-0.05, 0) is 39.4 Å². The highest BCUT2D eigenvalue weighted by Gasteiger charge is 2.22. The topological polar surface area (TPSA) is 40.1 Å². The van der Waals surface area contributed by atoms with E-state index in [0.29, 0.717) is 12.1 Å². The molecule has 0 saturated carbocycles. The lowest BCUT2D eigenvalue weighted by Crippen LogP contribution is -2.48. The molecular formula is C19H32N4O. The fourth-order valence-electron chi connectivity index (χ4n) is 3.26. The van der Waals surface area contributed by atoms with Gasteiger partial charge in [0.15, 0.2) is 5.96 Å². The quantitative estimate of drug-likeness (QED) is 0.641. The molecule has 1 unspecified atom stereocenters. The molecule has 1 heterocycles. The van der Waals surface area contributed by atoms with Crippen LogP contribution in [0.15, 0.2) is 35.3 Å². The Morgan fingerprint density at radius 1 is 1.29 bits per heavy atom. The van der Waals surface area contributed by atoms with E-state index < -0.39 is 0 Å². The first kappa shape index (κ1) is 18.7. The Morgan fingerprint density at radius 3 is 2.50 bits per heavy atom. The minimum absolute atomic E-state index is 0.323. The van der Waals surface area contributed by atoms with Gasteiger partial charge >= 0.3 is 0 Å². The maximum atomic E-state index is 5.74. The van der Waals surface area contributed by atoms with Crippen molar-refractivity contribution in [1.29, 1.82) is 0 Å². The van der Waals surface area contributed by atoms with Crippen molar-refractivity contribution in [3.63, 3.8) is 0 Å². The molecule has 0 spiro atoms. The molecule has 0 amide bonds. The Balaban J connectivity index is 1.91. The molecule has 1 aromatic carbocycles. The summed E-state index contributed by atoms with van der Waals surface area (Å²) in [4.78, 5) is 9.07. The van der Waals surface area contributed by atoms with Gasteiger partial charge < -0.3 is 19.9 Å². The third-order valence-electron chi connectivity index (χ3n) is 4.62. The second-order valence-electron chi connectivity index (χ2n) is 6.46. The molecule has 134 valence electrons. The molecule has 0 aromatic heterocycles. The van der Waals surface area contributed by atoms with Crippen LogP contribution in [0.2, 0.25) is 0 Å². The van der Waals surface area contributed by atoms with E-state index >= 15 is 0 Å². The van der Waals surface area contributed by atoms with E-state index in [1.807, 2.05) is 7.05 Å². The number of guanidine groups is 1. The SMILES string of the molecule is CCOC1CCN(C(=NC)NCC(c2ccccc2)N(C)C)CC1. The second-order valence-corrected chi connectivity index (χ2v) is 6.46. The highest BCUT2D eigenvalue weighted by molar-refractivity contribution is 5.80. The summed E-state index contributed by atoms with van der Waals surface area (Å²) in [7, 11) is 6.11. The molecular weight excluding hydrogens is 300 g/mol. The van der Waals surface area contributed by atoms with E-state index in [4.69, 9.17) is 4.74 Å². The van der Waals surface area contributed by atoms with E-state index in [9.17, 15) is 0 Å². The molecule has 5 nitrogen and oxygen atoms in total. The Hall–Kier alpha value is -1.59. The summed E-state index contributed by atoms with van der Waals surface area (Å²) in [6.07, 6.45) is 2.55. The number of hydrogen-bond acceptors (Lipinski definition) is 3. The van der Waals surface area contributed by atoms with Crippen molar-refractivity contribution in [1.82, 2.24) is 15.1 Å². The number of hydrogen-bond donors (Lipinski definition) is 1. The predicted octanol–water partition coefficient (Wildman–Crippen LogP) is 2.37. The summed E-state index contributed by atoms with van der Waals surface area (Å²) in [6, 6.07) is 10.9. The lowest BCUT2D eigenvalue weighted by Gasteiger charge is -2.35. The van der Waals surface area contributed by atoms with Crippen molar-refractivity contribution in [2.24, 2.45) is 4.99 Å². The molecule has 1 atom stereocenters. The smallest absolute Gasteiger partial charge is 0.193 e. The van der Waals surface area contributed by atoms with Crippen LogP contribution in [0.5, 0.6) is 0 Å². The summed E-state index contributed by atoms with van der Waals surface area (Å²) in [5.41, 5.74) is 1.32. The van der Waals surface area contributed by atoms with E-state index in [1.54, 1.807) is 0 Å². The van der Waals surface area contributed by atoms with Gasteiger partial charge in [-0.25, -0.2) is 0 Å². The maximum Gasteiger partial charge on any atom is 0.193 e. The number of ether oxygens (including phenoxy) is 1. The van der Waals surface area contributed by atoms with Gasteiger partial charge in [0.25, 0.3) is 0 Å². The van der Waals surface area contributed by atoms with Crippen LogP contribution >= 0.6 is 0 Å². The van der Waals surface area contributed by atoms with E-state index in [0.717, 1.165) is 45.0 Å². The van der Waals surface area contributed by atoms with Crippen LogP contribution < -0.4 is 5.32 Å². The minimum atomic E-state index is 0.323. The van der Waals surface area contributed by atoms with Crippen LogP contribution in [0, 0.1) is 0 Å². The Bertz CT molecular complexity index is 495. The number of nitrogens with zero attached hydrogens (tertiary/aromatic N) is 3. The highest BCUT2D eigenvalue weighted by atomic mass is 16.5. The number of rotatable bonds is 6. The molecule has 0 bridgehead atoms. The molecule has 1 aliphatic heterocycles. The van der Waals surface area contributed by atoms with E-state index in [2.05, 4.69) is 71.5 Å². The third kappa shape index (κ3) is 5.21. The molecule has 5 heteroatoms. The van der Waals surface area contributed by atoms with Gasteiger partial charge in [-0.3, -0.25) is 4.99 Å². The molecule has 1 aromatic rings. The van der Waals surface area contributed by atoms with Crippen molar-refractivity contribution in [2.45, 2.75) is 31.9 Å². The highest BCUT2D eigenvalue weighted by Crippen LogP contribution is 2.18. The molecule has 0 radical (unpaired) electrons. The Morgan fingerprint density at radius 2 is 1.96 bits per heavy atom. The van der Waals surface area contributed by atoms with E-state index in [-0.39, 0.29) is 0 Å². The third-order valence-corrected chi connectivity index (χ3v) is 4.62. The zero-order valence-electron chi connectivity index (χ0n) is 15.5. The first-order valence-electron chi connectivity index (χ1n) is 8.94. The number of nitrogens with one attached hydrogen (secondary N) is 1. The zero-order chi connectivity index (χ0) is 17.4. The van der Waals surface area contributed by atoms with Crippen molar-refractivity contribution < 1.29 is 4.74 Å². The first-order valence-corrected chi connectivity index (χ1v) is 8.94. The van der Waals surface area contributed by atoms with Crippen LogP contribution in [0.4, 0.5) is 0 Å². The van der Waals surface area contributed by atoms with E-state index in [1.165, 1.54) is 5.56 Å². The average Bonchev–Trinajstić information content (AvgIpc) is 2.60. The number of likely N-dealkylation sites (N-methyl/N-ethyl adjacent to an activating group) is 1. The van der Waals surface area contributed by atoms with Gasteiger partial charge in [0, 0.05) is 33.3 Å². The average molecular weight is 332 g/mol. The largest absolute Gasteiger partial charge is 0.378 e. The van der Waals surface area contributed by atoms with Gasteiger partial charge in [0.05, 0.1) is 12.1 Å². The number of likely N-dealkylation sites (tertiary alicyclic amines) is 1. The summed E-state index contributed by atoms with van der Waals surface area (Å²) in [6.45, 7) is 5.72.